The van der Waals surface area contributed by atoms with Crippen molar-refractivity contribution in [2.24, 2.45) is 5.92 Å². The quantitative estimate of drug-likeness (QED) is 0.313. The Kier molecular flexibility index (Phi) is 7.69. The molecule has 0 N–H and O–H groups in total. The number of likely N-dealkylation sites (tertiary alicyclic amines) is 1. The molecule has 0 aromatic heterocycles. The second-order valence-corrected chi connectivity index (χ2v) is 9.12. The van der Waals surface area contributed by atoms with Crippen molar-refractivity contribution in [1.29, 1.82) is 0 Å². The largest absolute Gasteiger partial charge is 0.493 e. The molecule has 190 valence electrons. The number of amides is 2. The molecule has 2 amide bonds. The first-order chi connectivity index (χ1) is 17.3. The average Bonchev–Trinajstić information content (AvgIpc) is 3.20. The number of ether oxygens (including phenoxy) is 3. The van der Waals surface area contributed by atoms with Gasteiger partial charge in [-0.25, -0.2) is 9.69 Å². The normalized spacial score (nSPS) is 18.9. The van der Waals surface area contributed by atoms with E-state index in [0.717, 1.165) is 25.9 Å². The number of hydrogen-bond donors (Lipinski definition) is 0. The van der Waals surface area contributed by atoms with Gasteiger partial charge in [-0.3, -0.25) is 19.3 Å². The third-order valence-electron chi connectivity index (χ3n) is 6.78. The van der Waals surface area contributed by atoms with Crippen LogP contribution in [-0.4, -0.2) is 68.4 Å². The van der Waals surface area contributed by atoms with E-state index in [0.29, 0.717) is 28.7 Å². The molecule has 9 heteroatoms. The van der Waals surface area contributed by atoms with E-state index in [1.54, 1.807) is 24.3 Å². The monoisotopic (exact) mass is 494 g/mol. The van der Waals surface area contributed by atoms with Gasteiger partial charge >= 0.3 is 5.97 Å². The minimum Gasteiger partial charge on any atom is -0.493 e. The topological polar surface area (TPSA) is 102 Å². The minimum atomic E-state index is -0.685. The lowest BCUT2D eigenvalue weighted by atomic mass is 9.97. The molecule has 2 aromatic rings. The van der Waals surface area contributed by atoms with Gasteiger partial charge in [-0.1, -0.05) is 6.92 Å². The van der Waals surface area contributed by atoms with Crippen molar-refractivity contribution < 1.29 is 33.4 Å². The molecule has 2 heterocycles. The van der Waals surface area contributed by atoms with E-state index in [9.17, 15) is 19.2 Å². The molecule has 2 aliphatic heterocycles. The summed E-state index contributed by atoms with van der Waals surface area (Å²) in [7, 11) is 2.96. The van der Waals surface area contributed by atoms with Crippen LogP contribution in [0.25, 0.3) is 0 Å². The van der Waals surface area contributed by atoms with Crippen molar-refractivity contribution in [2.75, 3.05) is 38.8 Å². The number of rotatable bonds is 8. The third kappa shape index (κ3) is 5.26. The van der Waals surface area contributed by atoms with Crippen LogP contribution in [0.4, 0.5) is 5.69 Å². The first-order valence-electron chi connectivity index (χ1n) is 12.0. The summed E-state index contributed by atoms with van der Waals surface area (Å²) < 4.78 is 15.5. The van der Waals surface area contributed by atoms with Crippen molar-refractivity contribution in [3.8, 4) is 11.5 Å². The fourth-order valence-corrected chi connectivity index (χ4v) is 4.57. The van der Waals surface area contributed by atoms with Crippen LogP contribution in [0.5, 0.6) is 11.5 Å². The molecule has 4 rings (SSSR count). The molecule has 2 saturated heterocycles. The number of imide groups is 1. The number of hydrogen-bond acceptors (Lipinski definition) is 8. The fraction of sp³-hybridized carbons (Fsp3) is 0.407. The molecule has 2 aliphatic rings. The summed E-state index contributed by atoms with van der Waals surface area (Å²) in [6.07, 6.45) is 2.20. The Morgan fingerprint density at radius 2 is 1.56 bits per heavy atom. The number of Topliss-reactive ketones (excluding diaryl/α,β-unsaturated/α-hetero) is 1. The Morgan fingerprint density at radius 1 is 0.917 bits per heavy atom. The zero-order valence-electron chi connectivity index (χ0n) is 20.7. The number of carbonyl (C=O) groups is 4. The van der Waals surface area contributed by atoms with E-state index in [2.05, 4.69) is 11.8 Å². The lowest BCUT2D eigenvalue weighted by Gasteiger charge is -2.33. The lowest BCUT2D eigenvalue weighted by Crippen LogP contribution is -2.45. The Hall–Kier alpha value is -3.72. The van der Waals surface area contributed by atoms with Crippen LogP contribution in [0.2, 0.25) is 0 Å². The molecule has 1 unspecified atom stereocenters. The summed E-state index contributed by atoms with van der Waals surface area (Å²) in [6.45, 7) is 3.37. The van der Waals surface area contributed by atoms with Gasteiger partial charge in [-0.15, -0.1) is 0 Å². The number of piperidine rings is 1. The molecule has 0 spiro atoms. The second kappa shape index (κ2) is 10.9. The van der Waals surface area contributed by atoms with Crippen molar-refractivity contribution >= 4 is 29.3 Å². The van der Waals surface area contributed by atoms with Gasteiger partial charge in [-0.2, -0.15) is 0 Å². The highest BCUT2D eigenvalue weighted by Gasteiger charge is 2.43. The van der Waals surface area contributed by atoms with Crippen LogP contribution < -0.4 is 14.4 Å². The minimum absolute atomic E-state index is 0.162. The Balaban J connectivity index is 1.36. The number of benzene rings is 2. The summed E-state index contributed by atoms with van der Waals surface area (Å²) in [6, 6.07) is 10.3. The highest BCUT2D eigenvalue weighted by Crippen LogP contribution is 2.29. The van der Waals surface area contributed by atoms with Gasteiger partial charge in [0.1, 0.15) is 0 Å². The van der Waals surface area contributed by atoms with Gasteiger partial charge in [0.2, 0.25) is 5.91 Å². The molecular formula is C27H30N2O7. The van der Waals surface area contributed by atoms with Crippen molar-refractivity contribution in [1.82, 2.24) is 4.90 Å². The maximum atomic E-state index is 13.0. The van der Waals surface area contributed by atoms with Gasteiger partial charge in [0.15, 0.2) is 23.9 Å². The zero-order chi connectivity index (χ0) is 25.8. The predicted molar refractivity (Wildman–Crippen MR) is 131 cm³/mol. The van der Waals surface area contributed by atoms with Gasteiger partial charge in [0.05, 0.1) is 37.9 Å². The van der Waals surface area contributed by atoms with Gasteiger partial charge in [-0.05, 0) is 74.3 Å². The smallest absolute Gasteiger partial charge is 0.338 e. The lowest BCUT2D eigenvalue weighted by molar-refractivity contribution is -0.123. The molecule has 2 fully saturated rings. The van der Waals surface area contributed by atoms with Crippen LogP contribution in [0.3, 0.4) is 0 Å². The van der Waals surface area contributed by atoms with Crippen LogP contribution in [-0.2, 0) is 14.3 Å². The molecule has 0 radical (unpaired) electrons. The summed E-state index contributed by atoms with van der Waals surface area (Å²) in [5, 5.41) is 0. The highest BCUT2D eigenvalue weighted by molar-refractivity contribution is 6.22. The summed E-state index contributed by atoms with van der Waals surface area (Å²) >= 11 is 0. The summed E-state index contributed by atoms with van der Waals surface area (Å²) in [4.78, 5) is 53.9. The zero-order valence-corrected chi connectivity index (χ0v) is 20.7. The van der Waals surface area contributed by atoms with Gasteiger partial charge in [0, 0.05) is 5.56 Å². The van der Waals surface area contributed by atoms with E-state index >= 15 is 0 Å². The summed E-state index contributed by atoms with van der Waals surface area (Å²) in [5.74, 6) is -0.0514. The first-order valence-corrected chi connectivity index (χ1v) is 12.0. The Bertz CT molecular complexity index is 1150. The van der Waals surface area contributed by atoms with E-state index < -0.39 is 24.4 Å². The number of esters is 1. The van der Waals surface area contributed by atoms with Crippen LogP contribution in [0.1, 0.15) is 46.9 Å². The van der Waals surface area contributed by atoms with Crippen LogP contribution in [0.15, 0.2) is 42.5 Å². The fourth-order valence-electron chi connectivity index (χ4n) is 4.57. The van der Waals surface area contributed by atoms with E-state index in [4.69, 9.17) is 14.2 Å². The van der Waals surface area contributed by atoms with Crippen molar-refractivity contribution in [3.05, 3.63) is 53.6 Å². The van der Waals surface area contributed by atoms with E-state index in [1.165, 1.54) is 37.3 Å². The number of nitrogens with zero attached hydrogens (tertiary/aromatic N) is 2. The molecule has 9 nitrogen and oxygen atoms in total. The highest BCUT2D eigenvalue weighted by atomic mass is 16.5. The maximum absolute atomic E-state index is 13.0. The molecule has 36 heavy (non-hydrogen) atoms. The van der Waals surface area contributed by atoms with Crippen molar-refractivity contribution in [3.63, 3.8) is 0 Å². The van der Waals surface area contributed by atoms with Crippen LogP contribution in [0, 0.1) is 5.92 Å². The summed E-state index contributed by atoms with van der Waals surface area (Å²) in [5.41, 5.74) is 0.940. The first kappa shape index (κ1) is 25.4. The van der Waals surface area contributed by atoms with Gasteiger partial charge < -0.3 is 14.2 Å². The average molecular weight is 495 g/mol. The number of anilines is 1. The predicted octanol–water partition coefficient (Wildman–Crippen LogP) is 3.11. The standard InChI is InChI=1S/C27H30N2O7/c1-17-10-12-28(13-11-17)21-15-25(31)29(26(21)32)20-7-4-18(5-8-20)27(33)36-16-22(30)19-6-9-23(34-2)24(14-19)35-3/h4-9,14,17,21H,10-13,15-16H2,1-3H3. The third-order valence-corrected chi connectivity index (χ3v) is 6.78. The number of carbonyl (C=O) groups excluding carboxylic acids is 4. The molecule has 2 aromatic carbocycles. The molecule has 1 atom stereocenters. The molecular weight excluding hydrogens is 464 g/mol. The molecule has 0 bridgehead atoms. The number of methoxy groups -OCH3 is 2. The molecule has 0 aliphatic carbocycles. The second-order valence-electron chi connectivity index (χ2n) is 9.12. The Morgan fingerprint density at radius 3 is 2.19 bits per heavy atom. The van der Waals surface area contributed by atoms with E-state index in [-0.39, 0.29) is 23.8 Å². The van der Waals surface area contributed by atoms with Gasteiger partial charge in [0.25, 0.3) is 5.91 Å². The molecule has 0 saturated carbocycles. The SMILES string of the molecule is COc1ccc(C(=O)COC(=O)c2ccc(N3C(=O)CC(N4CCC(C)CC4)C3=O)cc2)cc1OC. The number of ketones is 1. The van der Waals surface area contributed by atoms with Crippen molar-refractivity contribution in [2.45, 2.75) is 32.2 Å². The Labute approximate surface area is 209 Å². The maximum Gasteiger partial charge on any atom is 0.338 e. The van der Waals surface area contributed by atoms with Crippen LogP contribution >= 0.6 is 0 Å². The van der Waals surface area contributed by atoms with E-state index in [1.807, 2.05) is 0 Å².